The van der Waals surface area contributed by atoms with E-state index in [9.17, 15) is 9.18 Å². The van der Waals surface area contributed by atoms with E-state index >= 15 is 0 Å². The maximum atomic E-state index is 13.3. The van der Waals surface area contributed by atoms with E-state index < -0.39 is 5.82 Å². The molecule has 0 atom stereocenters. The highest BCUT2D eigenvalue weighted by molar-refractivity contribution is 6.31. The monoisotopic (exact) mass is 317 g/mol. The number of nitrogens with zero attached hydrogens (tertiary/aromatic N) is 3. The Morgan fingerprint density at radius 3 is 2.73 bits per heavy atom. The zero-order chi connectivity index (χ0) is 15.9. The summed E-state index contributed by atoms with van der Waals surface area (Å²) < 4.78 is 14.9. The fourth-order valence-electron chi connectivity index (χ4n) is 2.30. The minimum atomic E-state index is -0.471. The average molecular weight is 318 g/mol. The van der Waals surface area contributed by atoms with Crippen LogP contribution in [0.4, 0.5) is 4.39 Å². The van der Waals surface area contributed by atoms with Crippen molar-refractivity contribution < 1.29 is 9.18 Å². The molecule has 6 heteroatoms. The smallest absolute Gasteiger partial charge is 0.170 e. The molecule has 0 bridgehead atoms. The van der Waals surface area contributed by atoms with Gasteiger partial charge in [0, 0.05) is 11.1 Å². The molecule has 0 aliphatic carbocycles. The van der Waals surface area contributed by atoms with Crippen LogP contribution in [0.25, 0.3) is 16.9 Å². The Bertz CT molecular complexity index is 873. The van der Waals surface area contributed by atoms with Crippen molar-refractivity contribution in [3.05, 3.63) is 52.6 Å². The summed E-state index contributed by atoms with van der Waals surface area (Å²) in [5.74, 6) is -0.275. The summed E-state index contributed by atoms with van der Waals surface area (Å²) in [5.41, 5.74) is 3.28. The molecule has 1 aromatic carbocycles. The Labute approximate surface area is 131 Å². The molecule has 0 amide bonds. The number of rotatable bonds is 3. The lowest BCUT2D eigenvalue weighted by Gasteiger charge is -2.10. The van der Waals surface area contributed by atoms with E-state index in [4.69, 9.17) is 11.6 Å². The molecule has 112 valence electrons. The molecule has 0 N–H and O–H groups in total. The molecular weight excluding hydrogens is 305 g/mol. The normalized spacial score (nSPS) is 11.3. The number of aldehydes is 1. The molecule has 2 heterocycles. The van der Waals surface area contributed by atoms with Gasteiger partial charge in [0.05, 0.1) is 16.9 Å². The standard InChI is InChI=1S/C16H13ClFN3O/c1-9(2)12-6-15(10-3-4-14(18)13(17)5-10)20-21-7-11(8-22)19-16(12)21/h3-9H,1-2H3. The summed E-state index contributed by atoms with van der Waals surface area (Å²) in [5, 5.41) is 4.49. The van der Waals surface area contributed by atoms with Crippen molar-refractivity contribution in [3.8, 4) is 11.3 Å². The molecule has 3 aromatic rings. The van der Waals surface area contributed by atoms with Gasteiger partial charge >= 0.3 is 0 Å². The summed E-state index contributed by atoms with van der Waals surface area (Å²) in [7, 11) is 0. The molecule has 22 heavy (non-hydrogen) atoms. The zero-order valence-corrected chi connectivity index (χ0v) is 12.8. The first-order valence-electron chi connectivity index (χ1n) is 6.80. The Morgan fingerprint density at radius 1 is 1.32 bits per heavy atom. The van der Waals surface area contributed by atoms with E-state index in [1.807, 2.05) is 19.9 Å². The van der Waals surface area contributed by atoms with Crippen LogP contribution in [-0.2, 0) is 0 Å². The highest BCUT2D eigenvalue weighted by Crippen LogP contribution is 2.28. The van der Waals surface area contributed by atoms with Crippen molar-refractivity contribution >= 4 is 23.5 Å². The van der Waals surface area contributed by atoms with Gasteiger partial charge in [-0.15, -0.1) is 0 Å². The van der Waals surface area contributed by atoms with Gasteiger partial charge in [-0.3, -0.25) is 4.79 Å². The number of hydrogen-bond donors (Lipinski definition) is 0. The van der Waals surface area contributed by atoms with Crippen molar-refractivity contribution in [2.45, 2.75) is 19.8 Å². The number of carbonyl (C=O) groups is 1. The molecule has 3 rings (SSSR count). The molecule has 0 unspecified atom stereocenters. The fourth-order valence-corrected chi connectivity index (χ4v) is 2.48. The molecule has 0 spiro atoms. The third-order valence-electron chi connectivity index (χ3n) is 3.43. The summed E-state index contributed by atoms with van der Waals surface area (Å²) >= 11 is 5.84. The number of halogens is 2. The summed E-state index contributed by atoms with van der Waals surface area (Å²) in [6.07, 6.45) is 2.26. The van der Waals surface area contributed by atoms with Crippen LogP contribution >= 0.6 is 11.6 Å². The second-order valence-corrected chi connectivity index (χ2v) is 5.73. The average Bonchev–Trinajstić information content (AvgIpc) is 2.91. The Morgan fingerprint density at radius 2 is 2.09 bits per heavy atom. The van der Waals surface area contributed by atoms with Crippen molar-refractivity contribution in [3.63, 3.8) is 0 Å². The number of hydrogen-bond acceptors (Lipinski definition) is 3. The van der Waals surface area contributed by atoms with Crippen LogP contribution in [0, 0.1) is 5.82 Å². The van der Waals surface area contributed by atoms with E-state index in [1.54, 1.807) is 16.8 Å². The van der Waals surface area contributed by atoms with Gasteiger partial charge in [-0.25, -0.2) is 13.9 Å². The Balaban J connectivity index is 2.25. The third kappa shape index (κ3) is 2.48. The number of carbonyl (C=O) groups excluding carboxylic acids is 1. The summed E-state index contributed by atoms with van der Waals surface area (Å²) in [6, 6.07) is 6.36. The van der Waals surface area contributed by atoms with Gasteiger partial charge in [0.2, 0.25) is 0 Å². The molecule has 0 fully saturated rings. The lowest BCUT2D eigenvalue weighted by atomic mass is 10.0. The van der Waals surface area contributed by atoms with Crippen molar-refractivity contribution in [1.29, 1.82) is 0 Å². The number of benzene rings is 1. The summed E-state index contributed by atoms with van der Waals surface area (Å²) in [4.78, 5) is 15.2. The maximum Gasteiger partial charge on any atom is 0.170 e. The number of imidazole rings is 1. The minimum Gasteiger partial charge on any atom is -0.296 e. The van der Waals surface area contributed by atoms with Crippen molar-refractivity contribution in [1.82, 2.24) is 14.6 Å². The van der Waals surface area contributed by atoms with Gasteiger partial charge in [0.1, 0.15) is 11.5 Å². The van der Waals surface area contributed by atoms with Crippen LogP contribution in [0.3, 0.4) is 0 Å². The van der Waals surface area contributed by atoms with Gasteiger partial charge in [0.25, 0.3) is 0 Å². The molecule has 0 radical (unpaired) electrons. The highest BCUT2D eigenvalue weighted by atomic mass is 35.5. The van der Waals surface area contributed by atoms with Gasteiger partial charge < -0.3 is 0 Å². The quantitative estimate of drug-likeness (QED) is 0.682. The summed E-state index contributed by atoms with van der Waals surface area (Å²) in [6.45, 7) is 4.07. The highest BCUT2D eigenvalue weighted by Gasteiger charge is 2.14. The first kappa shape index (κ1) is 14.7. The van der Waals surface area contributed by atoms with Crippen LogP contribution in [0.2, 0.25) is 5.02 Å². The third-order valence-corrected chi connectivity index (χ3v) is 3.72. The van der Waals surface area contributed by atoms with Crippen LogP contribution in [0.15, 0.2) is 30.5 Å². The number of fused-ring (bicyclic) bond motifs is 1. The molecule has 0 aliphatic heterocycles. The predicted octanol–water partition coefficient (Wildman–Crippen LogP) is 4.12. The fraction of sp³-hybridized carbons (Fsp3) is 0.188. The lowest BCUT2D eigenvalue weighted by molar-refractivity contribution is 0.111. The van der Waals surface area contributed by atoms with Crippen molar-refractivity contribution in [2.24, 2.45) is 0 Å². The maximum absolute atomic E-state index is 13.3. The minimum absolute atomic E-state index is 0.0460. The van der Waals surface area contributed by atoms with E-state index in [0.29, 0.717) is 28.9 Å². The van der Waals surface area contributed by atoms with Crippen molar-refractivity contribution in [2.75, 3.05) is 0 Å². The predicted molar refractivity (Wildman–Crippen MR) is 82.9 cm³/mol. The van der Waals surface area contributed by atoms with Gasteiger partial charge in [-0.1, -0.05) is 25.4 Å². The first-order chi connectivity index (χ1) is 10.5. The molecule has 0 saturated carbocycles. The van der Waals surface area contributed by atoms with E-state index in [2.05, 4.69) is 10.1 Å². The largest absolute Gasteiger partial charge is 0.296 e. The molecule has 0 aliphatic rings. The molecule has 0 saturated heterocycles. The van der Waals surface area contributed by atoms with E-state index in [1.165, 1.54) is 12.1 Å². The molecular formula is C16H13ClFN3O. The van der Waals surface area contributed by atoms with Crippen LogP contribution in [0.1, 0.15) is 35.8 Å². The van der Waals surface area contributed by atoms with E-state index in [-0.39, 0.29) is 10.9 Å². The zero-order valence-electron chi connectivity index (χ0n) is 12.0. The van der Waals surface area contributed by atoms with Gasteiger partial charge in [-0.05, 0) is 30.2 Å². The van der Waals surface area contributed by atoms with Crippen LogP contribution in [-0.4, -0.2) is 20.9 Å². The second-order valence-electron chi connectivity index (χ2n) is 5.32. The van der Waals surface area contributed by atoms with E-state index in [0.717, 1.165) is 5.56 Å². The molecule has 2 aromatic heterocycles. The molecule has 4 nitrogen and oxygen atoms in total. The van der Waals surface area contributed by atoms with Gasteiger partial charge in [0.15, 0.2) is 11.9 Å². The Hall–Kier alpha value is -2.27. The number of aromatic nitrogens is 3. The van der Waals surface area contributed by atoms with Gasteiger partial charge in [-0.2, -0.15) is 5.10 Å². The lowest BCUT2D eigenvalue weighted by Crippen LogP contribution is -2.00. The second kappa shape index (κ2) is 5.50. The van der Waals surface area contributed by atoms with Crippen LogP contribution < -0.4 is 0 Å². The first-order valence-corrected chi connectivity index (χ1v) is 7.18. The topological polar surface area (TPSA) is 47.3 Å². The van der Waals surface area contributed by atoms with Crippen LogP contribution in [0.5, 0.6) is 0 Å². The Kier molecular flexibility index (Phi) is 3.66. The SMILES string of the molecule is CC(C)c1cc(-c2ccc(F)c(Cl)c2)nn2cc(C=O)nc12.